The Bertz CT molecular complexity index is 403. The third-order valence-corrected chi connectivity index (χ3v) is 5.74. The maximum absolute atomic E-state index is 12.2. The minimum absolute atomic E-state index is 0.0302. The number of rotatable bonds is 7. The molecule has 2 N–H and O–H groups in total. The van der Waals surface area contributed by atoms with E-state index < -0.39 is 10.0 Å². The van der Waals surface area contributed by atoms with E-state index in [0.29, 0.717) is 39.1 Å². The Balaban J connectivity index is 2.48. The van der Waals surface area contributed by atoms with Gasteiger partial charge >= 0.3 is 0 Å². The van der Waals surface area contributed by atoms with Crippen molar-refractivity contribution < 1.29 is 13.2 Å². The Kier molecular flexibility index (Phi) is 6.91. The Morgan fingerprint density at radius 2 is 1.85 bits per heavy atom. The molecule has 0 aromatic heterocycles. The number of hydrogen-bond donors (Lipinski definition) is 1. The second kappa shape index (κ2) is 7.95. The summed E-state index contributed by atoms with van der Waals surface area (Å²) in [5.41, 5.74) is 5.45. The maximum Gasteiger partial charge on any atom is 0.225 e. The summed E-state index contributed by atoms with van der Waals surface area (Å²) in [6.07, 6.45) is 2.26. The predicted octanol–water partition coefficient (Wildman–Crippen LogP) is 0.245. The van der Waals surface area contributed by atoms with Gasteiger partial charge in [-0.25, -0.2) is 8.42 Å². The van der Waals surface area contributed by atoms with Crippen LogP contribution in [0.1, 0.15) is 33.1 Å². The van der Waals surface area contributed by atoms with Gasteiger partial charge in [0.2, 0.25) is 15.9 Å². The molecule has 1 unspecified atom stereocenters. The minimum Gasteiger partial charge on any atom is -0.340 e. The Labute approximate surface area is 122 Å². The molecule has 1 fully saturated rings. The number of carbonyl (C=O) groups excluding carboxylic acids is 1. The van der Waals surface area contributed by atoms with Crippen LogP contribution in [0, 0.1) is 5.92 Å². The van der Waals surface area contributed by atoms with Crippen LogP contribution in [0.3, 0.4) is 0 Å². The van der Waals surface area contributed by atoms with Gasteiger partial charge in [-0.3, -0.25) is 4.79 Å². The number of nitrogens with zero attached hydrogens (tertiary/aromatic N) is 2. The quantitative estimate of drug-likeness (QED) is 0.730. The summed E-state index contributed by atoms with van der Waals surface area (Å²) < 4.78 is 25.4. The smallest absolute Gasteiger partial charge is 0.225 e. The third kappa shape index (κ3) is 4.71. The van der Waals surface area contributed by atoms with Gasteiger partial charge in [0.1, 0.15) is 0 Å². The lowest BCUT2D eigenvalue weighted by Crippen LogP contribution is -2.52. The van der Waals surface area contributed by atoms with Gasteiger partial charge in [0.15, 0.2) is 0 Å². The molecule has 0 aliphatic carbocycles. The van der Waals surface area contributed by atoms with Gasteiger partial charge in [0.25, 0.3) is 0 Å². The molecule has 0 saturated carbocycles. The molecule has 0 bridgehead atoms. The van der Waals surface area contributed by atoms with E-state index in [9.17, 15) is 13.2 Å². The van der Waals surface area contributed by atoms with Crippen molar-refractivity contribution in [1.29, 1.82) is 0 Å². The summed E-state index contributed by atoms with van der Waals surface area (Å²) in [4.78, 5) is 14.0. The van der Waals surface area contributed by atoms with E-state index in [1.807, 2.05) is 13.8 Å². The Hall–Kier alpha value is -0.660. The van der Waals surface area contributed by atoms with Crippen molar-refractivity contribution in [2.24, 2.45) is 11.7 Å². The van der Waals surface area contributed by atoms with E-state index >= 15 is 0 Å². The van der Waals surface area contributed by atoms with E-state index in [4.69, 9.17) is 5.73 Å². The average Bonchev–Trinajstić information content (AvgIpc) is 2.44. The van der Waals surface area contributed by atoms with Gasteiger partial charge in [-0.1, -0.05) is 13.8 Å². The molecule has 1 aliphatic heterocycles. The molecule has 0 spiro atoms. The summed E-state index contributed by atoms with van der Waals surface area (Å²) in [5.74, 6) is 0.275. The zero-order valence-electron chi connectivity index (χ0n) is 12.5. The average molecular weight is 305 g/mol. The van der Waals surface area contributed by atoms with Crippen LogP contribution in [0.15, 0.2) is 0 Å². The molecule has 0 radical (unpaired) electrons. The predicted molar refractivity (Wildman–Crippen MR) is 79.7 cm³/mol. The van der Waals surface area contributed by atoms with Crippen LogP contribution < -0.4 is 5.73 Å². The number of carbonyl (C=O) groups is 1. The topological polar surface area (TPSA) is 83.7 Å². The Morgan fingerprint density at radius 1 is 1.25 bits per heavy atom. The molecular formula is C13H27N3O3S. The van der Waals surface area contributed by atoms with Crippen LogP contribution in [-0.4, -0.2) is 62.0 Å². The summed E-state index contributed by atoms with van der Waals surface area (Å²) in [5, 5.41) is 0. The highest BCUT2D eigenvalue weighted by atomic mass is 32.2. The number of sulfonamides is 1. The van der Waals surface area contributed by atoms with Gasteiger partial charge in [0.05, 0.1) is 5.75 Å². The first-order valence-electron chi connectivity index (χ1n) is 7.39. The first kappa shape index (κ1) is 17.4. The lowest BCUT2D eigenvalue weighted by atomic mass is 10.0. The van der Waals surface area contributed by atoms with Crippen molar-refractivity contribution in [3.05, 3.63) is 0 Å². The summed E-state index contributed by atoms with van der Waals surface area (Å²) in [6.45, 7) is 6.19. The molecule has 1 atom stereocenters. The lowest BCUT2D eigenvalue weighted by Gasteiger charge is -2.35. The molecular weight excluding hydrogens is 278 g/mol. The molecule has 118 valence electrons. The molecule has 0 aromatic carbocycles. The van der Waals surface area contributed by atoms with Crippen molar-refractivity contribution in [2.75, 3.05) is 38.5 Å². The fourth-order valence-corrected chi connectivity index (χ4v) is 3.93. The largest absolute Gasteiger partial charge is 0.340 e. The molecule has 1 amide bonds. The van der Waals surface area contributed by atoms with Crippen LogP contribution >= 0.6 is 0 Å². The summed E-state index contributed by atoms with van der Waals surface area (Å²) >= 11 is 0. The van der Waals surface area contributed by atoms with Crippen molar-refractivity contribution in [3.63, 3.8) is 0 Å². The first-order valence-corrected chi connectivity index (χ1v) is 9.00. The highest BCUT2D eigenvalue weighted by Crippen LogP contribution is 2.14. The number of amides is 1. The van der Waals surface area contributed by atoms with Gasteiger partial charge in [-0.15, -0.1) is 0 Å². The van der Waals surface area contributed by atoms with Crippen molar-refractivity contribution in [3.8, 4) is 0 Å². The zero-order valence-corrected chi connectivity index (χ0v) is 13.4. The molecule has 6 nitrogen and oxygen atoms in total. The number of hydrogen-bond acceptors (Lipinski definition) is 4. The maximum atomic E-state index is 12.2. The fraction of sp³-hybridized carbons (Fsp3) is 0.923. The second-order valence-corrected chi connectivity index (χ2v) is 7.46. The minimum atomic E-state index is -3.14. The fourth-order valence-electron chi connectivity index (χ4n) is 2.43. The summed E-state index contributed by atoms with van der Waals surface area (Å²) in [6, 6.07) is 0. The normalized spacial score (nSPS) is 19.1. The van der Waals surface area contributed by atoms with Crippen LogP contribution in [0.2, 0.25) is 0 Å². The zero-order chi connectivity index (χ0) is 15.2. The van der Waals surface area contributed by atoms with Gasteiger partial charge in [-0.2, -0.15) is 4.31 Å². The van der Waals surface area contributed by atoms with Crippen LogP contribution in [-0.2, 0) is 14.8 Å². The van der Waals surface area contributed by atoms with Crippen LogP contribution in [0.25, 0.3) is 0 Å². The summed E-state index contributed by atoms with van der Waals surface area (Å²) in [7, 11) is -3.14. The standard InChI is InChI=1S/C13H27N3O3S/c1-3-11-20(18,19)16-9-7-15(8-10-16)13(17)12(2)5-4-6-14/h12H,3-11,14H2,1-2H3. The lowest BCUT2D eigenvalue weighted by molar-refractivity contribution is -0.136. The van der Waals surface area contributed by atoms with Crippen molar-refractivity contribution >= 4 is 15.9 Å². The van der Waals surface area contributed by atoms with E-state index in [1.54, 1.807) is 4.90 Å². The molecule has 1 rings (SSSR count). The van der Waals surface area contributed by atoms with Gasteiger partial charge < -0.3 is 10.6 Å². The van der Waals surface area contributed by atoms with Crippen molar-refractivity contribution in [1.82, 2.24) is 9.21 Å². The van der Waals surface area contributed by atoms with Crippen molar-refractivity contribution in [2.45, 2.75) is 33.1 Å². The van der Waals surface area contributed by atoms with Gasteiger partial charge in [0, 0.05) is 32.1 Å². The molecule has 7 heteroatoms. The van der Waals surface area contributed by atoms with Crippen LogP contribution in [0.4, 0.5) is 0 Å². The van der Waals surface area contributed by atoms with E-state index in [1.165, 1.54) is 4.31 Å². The van der Waals surface area contributed by atoms with Crippen LogP contribution in [0.5, 0.6) is 0 Å². The molecule has 1 aliphatic rings. The van der Waals surface area contributed by atoms with E-state index in [0.717, 1.165) is 12.8 Å². The second-order valence-electron chi connectivity index (χ2n) is 5.37. The molecule has 1 heterocycles. The van der Waals surface area contributed by atoms with E-state index in [2.05, 4.69) is 0 Å². The highest BCUT2D eigenvalue weighted by molar-refractivity contribution is 7.89. The first-order chi connectivity index (χ1) is 9.42. The highest BCUT2D eigenvalue weighted by Gasteiger charge is 2.29. The van der Waals surface area contributed by atoms with E-state index in [-0.39, 0.29) is 17.6 Å². The number of piperazine rings is 1. The monoisotopic (exact) mass is 305 g/mol. The Morgan fingerprint density at radius 3 is 2.35 bits per heavy atom. The SMILES string of the molecule is CCCS(=O)(=O)N1CCN(C(=O)C(C)CCCN)CC1. The third-order valence-electron chi connectivity index (χ3n) is 3.67. The number of nitrogens with two attached hydrogens (primary N) is 1. The molecule has 20 heavy (non-hydrogen) atoms. The molecule has 1 saturated heterocycles. The van der Waals surface area contributed by atoms with Gasteiger partial charge in [-0.05, 0) is 25.8 Å². The molecule has 0 aromatic rings.